The zero-order chi connectivity index (χ0) is 18.1. The summed E-state index contributed by atoms with van der Waals surface area (Å²) in [7, 11) is 0. The molecule has 5 heteroatoms. The van der Waals surface area contributed by atoms with E-state index in [1.165, 1.54) is 13.1 Å². The van der Waals surface area contributed by atoms with Crippen LogP contribution >= 0.6 is 0 Å². The summed E-state index contributed by atoms with van der Waals surface area (Å²) in [4.78, 5) is 23.4. The second-order valence-electron chi connectivity index (χ2n) is 5.44. The Morgan fingerprint density at radius 3 is 2.56 bits per heavy atom. The van der Waals surface area contributed by atoms with E-state index in [2.05, 4.69) is 10.6 Å². The van der Waals surface area contributed by atoms with E-state index in [9.17, 15) is 9.59 Å². The molecule has 0 saturated heterocycles. The molecule has 0 aliphatic rings. The minimum absolute atomic E-state index is 0.0266. The molecule has 2 aromatic carbocycles. The molecular weight excluding hydrogens is 314 g/mol. The van der Waals surface area contributed by atoms with Gasteiger partial charge < -0.3 is 10.6 Å². The van der Waals surface area contributed by atoms with Crippen LogP contribution in [0.1, 0.15) is 22.8 Å². The summed E-state index contributed by atoms with van der Waals surface area (Å²) in [6.07, 6.45) is 2.04. The molecule has 0 atom stereocenters. The highest BCUT2D eigenvalue weighted by atomic mass is 16.1. The largest absolute Gasteiger partial charge is 0.360 e. The number of nitrogens with zero attached hydrogens (tertiary/aromatic N) is 1. The molecule has 2 N–H and O–H groups in total. The van der Waals surface area contributed by atoms with E-state index in [0.29, 0.717) is 24.2 Å². The van der Waals surface area contributed by atoms with Crippen molar-refractivity contribution in [1.29, 1.82) is 5.26 Å². The molecule has 0 fully saturated rings. The van der Waals surface area contributed by atoms with E-state index in [1.807, 2.05) is 36.4 Å². The standard InChI is InChI=1S/C20H19N3O2/c1-15(24)17-8-5-9-19(12-17)23-14-18(13-21)20(25)22-11-10-16-6-3-2-4-7-16/h2-9,12,14,23H,10-11H2,1H3,(H,22,25)/b18-14-. The van der Waals surface area contributed by atoms with E-state index in [4.69, 9.17) is 5.26 Å². The highest BCUT2D eigenvalue weighted by Gasteiger charge is 2.08. The van der Waals surface area contributed by atoms with Gasteiger partial charge in [-0.25, -0.2) is 0 Å². The Hall–Kier alpha value is -3.39. The van der Waals surface area contributed by atoms with Gasteiger partial charge in [0.1, 0.15) is 11.6 Å². The third-order valence-corrected chi connectivity index (χ3v) is 3.56. The Morgan fingerprint density at radius 2 is 1.88 bits per heavy atom. The van der Waals surface area contributed by atoms with Crippen LogP contribution in [0.2, 0.25) is 0 Å². The first-order chi connectivity index (χ1) is 12.1. The third kappa shape index (κ3) is 5.63. The van der Waals surface area contributed by atoms with Gasteiger partial charge in [-0.3, -0.25) is 9.59 Å². The Morgan fingerprint density at radius 1 is 1.12 bits per heavy atom. The molecule has 0 unspecified atom stereocenters. The summed E-state index contributed by atoms with van der Waals surface area (Å²) in [5.74, 6) is -0.486. The van der Waals surface area contributed by atoms with Crippen LogP contribution in [-0.4, -0.2) is 18.2 Å². The Kier molecular flexibility index (Phi) is 6.49. The van der Waals surface area contributed by atoms with Crippen molar-refractivity contribution in [3.05, 3.63) is 77.5 Å². The Balaban J connectivity index is 1.93. The van der Waals surface area contributed by atoms with Gasteiger partial charge in [0.25, 0.3) is 5.91 Å². The average Bonchev–Trinajstić information content (AvgIpc) is 2.63. The summed E-state index contributed by atoms with van der Waals surface area (Å²) >= 11 is 0. The second kappa shape index (κ2) is 9.04. The maximum absolute atomic E-state index is 12.1. The van der Waals surface area contributed by atoms with Crippen molar-refractivity contribution in [3.8, 4) is 6.07 Å². The topological polar surface area (TPSA) is 82.0 Å². The molecule has 0 radical (unpaired) electrons. The van der Waals surface area contributed by atoms with Crippen molar-refractivity contribution in [3.63, 3.8) is 0 Å². The van der Waals surface area contributed by atoms with Gasteiger partial charge >= 0.3 is 0 Å². The van der Waals surface area contributed by atoms with Gasteiger partial charge in [0.05, 0.1) is 0 Å². The number of benzene rings is 2. The van der Waals surface area contributed by atoms with Crippen LogP contribution in [0.5, 0.6) is 0 Å². The molecule has 126 valence electrons. The average molecular weight is 333 g/mol. The molecule has 0 saturated carbocycles. The number of amides is 1. The van der Waals surface area contributed by atoms with E-state index < -0.39 is 5.91 Å². The van der Waals surface area contributed by atoms with Crippen molar-refractivity contribution in [2.24, 2.45) is 0 Å². The minimum Gasteiger partial charge on any atom is -0.360 e. The summed E-state index contributed by atoms with van der Waals surface area (Å²) in [5, 5.41) is 14.8. The predicted octanol–water partition coefficient (Wildman–Crippen LogP) is 3.07. The first-order valence-electron chi connectivity index (χ1n) is 7.90. The first-order valence-corrected chi connectivity index (χ1v) is 7.90. The van der Waals surface area contributed by atoms with Crippen LogP contribution in [0.4, 0.5) is 5.69 Å². The molecule has 0 spiro atoms. The Bertz CT molecular complexity index is 820. The summed E-state index contributed by atoms with van der Waals surface area (Å²) in [6.45, 7) is 1.93. The maximum Gasteiger partial charge on any atom is 0.263 e. The summed E-state index contributed by atoms with van der Waals surface area (Å²) in [6, 6.07) is 18.5. The van der Waals surface area contributed by atoms with Crippen molar-refractivity contribution >= 4 is 17.4 Å². The molecule has 2 rings (SSSR count). The van der Waals surface area contributed by atoms with Gasteiger partial charge in [0.15, 0.2) is 5.78 Å². The van der Waals surface area contributed by atoms with Gasteiger partial charge in [-0.15, -0.1) is 0 Å². The van der Waals surface area contributed by atoms with Crippen molar-refractivity contribution < 1.29 is 9.59 Å². The molecule has 0 bridgehead atoms. The van der Waals surface area contributed by atoms with Gasteiger partial charge in [-0.2, -0.15) is 5.26 Å². The maximum atomic E-state index is 12.1. The molecule has 1 amide bonds. The van der Waals surface area contributed by atoms with E-state index in [1.54, 1.807) is 24.3 Å². The van der Waals surface area contributed by atoms with Gasteiger partial charge in [-0.1, -0.05) is 42.5 Å². The van der Waals surface area contributed by atoms with Gasteiger partial charge in [0.2, 0.25) is 0 Å². The molecule has 0 aliphatic carbocycles. The zero-order valence-electron chi connectivity index (χ0n) is 14.0. The van der Waals surface area contributed by atoms with Crippen LogP contribution < -0.4 is 10.6 Å². The van der Waals surface area contributed by atoms with Gasteiger partial charge in [-0.05, 0) is 31.0 Å². The lowest BCUT2D eigenvalue weighted by Crippen LogP contribution is -2.27. The number of hydrogen-bond acceptors (Lipinski definition) is 4. The van der Waals surface area contributed by atoms with Crippen LogP contribution in [0.25, 0.3) is 0 Å². The molecule has 0 aliphatic heterocycles. The van der Waals surface area contributed by atoms with Crippen molar-refractivity contribution in [2.75, 3.05) is 11.9 Å². The quantitative estimate of drug-likeness (QED) is 0.463. The highest BCUT2D eigenvalue weighted by molar-refractivity contribution is 5.97. The number of anilines is 1. The fourth-order valence-electron chi connectivity index (χ4n) is 2.19. The van der Waals surface area contributed by atoms with E-state index in [0.717, 1.165) is 5.56 Å². The normalized spacial score (nSPS) is 10.6. The molecule has 0 aromatic heterocycles. The number of nitriles is 1. The second-order valence-corrected chi connectivity index (χ2v) is 5.44. The van der Waals surface area contributed by atoms with Crippen molar-refractivity contribution in [1.82, 2.24) is 5.32 Å². The van der Waals surface area contributed by atoms with Crippen molar-refractivity contribution in [2.45, 2.75) is 13.3 Å². The van der Waals surface area contributed by atoms with E-state index in [-0.39, 0.29) is 11.4 Å². The fourth-order valence-corrected chi connectivity index (χ4v) is 2.19. The summed E-state index contributed by atoms with van der Waals surface area (Å²) in [5.41, 5.74) is 2.28. The number of nitrogens with one attached hydrogen (secondary N) is 2. The third-order valence-electron chi connectivity index (χ3n) is 3.56. The van der Waals surface area contributed by atoms with Crippen LogP contribution in [-0.2, 0) is 11.2 Å². The van der Waals surface area contributed by atoms with Gasteiger partial charge in [0, 0.05) is 24.0 Å². The molecule has 2 aromatic rings. The monoisotopic (exact) mass is 333 g/mol. The molecule has 5 nitrogen and oxygen atoms in total. The van der Waals surface area contributed by atoms with Crippen LogP contribution in [0.15, 0.2) is 66.4 Å². The predicted molar refractivity (Wildman–Crippen MR) is 96.9 cm³/mol. The smallest absolute Gasteiger partial charge is 0.263 e. The highest BCUT2D eigenvalue weighted by Crippen LogP contribution is 2.11. The molecule has 25 heavy (non-hydrogen) atoms. The minimum atomic E-state index is -0.436. The van der Waals surface area contributed by atoms with E-state index >= 15 is 0 Å². The lowest BCUT2D eigenvalue weighted by molar-refractivity contribution is -0.117. The number of Topliss-reactive ketones (excluding diaryl/α,β-unsaturated/α-hetero) is 1. The first kappa shape index (κ1) is 18.0. The molecular formula is C20H19N3O2. The summed E-state index contributed by atoms with van der Waals surface area (Å²) < 4.78 is 0. The number of rotatable bonds is 7. The Labute approximate surface area is 147 Å². The lowest BCUT2D eigenvalue weighted by Gasteiger charge is -2.06. The number of hydrogen-bond donors (Lipinski definition) is 2. The number of carbonyl (C=O) groups excluding carboxylic acids is 2. The lowest BCUT2D eigenvalue weighted by atomic mass is 10.1. The zero-order valence-corrected chi connectivity index (χ0v) is 14.0. The van der Waals surface area contributed by atoms with Crippen LogP contribution in [0.3, 0.4) is 0 Å². The number of carbonyl (C=O) groups is 2. The SMILES string of the molecule is CC(=O)c1cccc(N/C=C(/C#N)C(=O)NCCc2ccccc2)c1. The van der Waals surface area contributed by atoms with Crippen LogP contribution in [0, 0.1) is 11.3 Å². The molecule has 0 heterocycles. The fraction of sp³-hybridized carbons (Fsp3) is 0.150. The number of ketones is 1.